The van der Waals surface area contributed by atoms with Crippen LogP contribution in [0.2, 0.25) is 0 Å². The molecule has 0 fully saturated rings. The Balaban J connectivity index is 2.89. The highest BCUT2D eigenvalue weighted by molar-refractivity contribution is 6.23. The lowest BCUT2D eigenvalue weighted by atomic mass is 10.0. The van der Waals surface area contributed by atoms with Crippen molar-refractivity contribution in [3.05, 3.63) is 29.3 Å². The Bertz CT molecular complexity index is 413. The molecule has 0 aliphatic rings. The van der Waals surface area contributed by atoms with E-state index in [1.165, 1.54) is 5.56 Å². The van der Waals surface area contributed by atoms with E-state index < -0.39 is 5.91 Å². The Morgan fingerprint density at radius 1 is 1.47 bits per heavy atom. The maximum absolute atomic E-state index is 10.9. The predicted octanol–water partition coefficient (Wildman–Crippen LogP) is 1.63. The molecule has 4 nitrogen and oxygen atoms in total. The summed E-state index contributed by atoms with van der Waals surface area (Å²) in [6, 6.07) is 5.85. The SMILES string of the molecule is COc1ccc(C(C)C)cc1CNC(=O)C=O. The maximum atomic E-state index is 10.9. The number of carbonyl (C=O) groups excluding carboxylic acids is 2. The second kappa shape index (κ2) is 6.03. The van der Waals surface area contributed by atoms with E-state index in [1.807, 2.05) is 18.2 Å². The third-order valence-electron chi connectivity index (χ3n) is 2.53. The molecular weight excluding hydrogens is 218 g/mol. The maximum Gasteiger partial charge on any atom is 0.284 e. The van der Waals surface area contributed by atoms with Crippen molar-refractivity contribution in [2.75, 3.05) is 7.11 Å². The fraction of sp³-hybridized carbons (Fsp3) is 0.385. The Morgan fingerprint density at radius 2 is 2.18 bits per heavy atom. The van der Waals surface area contributed by atoms with E-state index in [2.05, 4.69) is 19.2 Å². The van der Waals surface area contributed by atoms with Crippen molar-refractivity contribution in [2.45, 2.75) is 26.3 Å². The minimum Gasteiger partial charge on any atom is -0.496 e. The van der Waals surface area contributed by atoms with Gasteiger partial charge in [0.05, 0.1) is 7.11 Å². The highest BCUT2D eigenvalue weighted by Crippen LogP contribution is 2.23. The van der Waals surface area contributed by atoms with Crippen molar-refractivity contribution >= 4 is 12.2 Å². The third-order valence-corrected chi connectivity index (χ3v) is 2.53. The third kappa shape index (κ3) is 3.59. The molecule has 0 aliphatic heterocycles. The van der Waals surface area contributed by atoms with Crippen LogP contribution in [0, 0.1) is 0 Å². The van der Waals surface area contributed by atoms with E-state index in [4.69, 9.17) is 4.74 Å². The molecule has 0 unspecified atom stereocenters. The van der Waals surface area contributed by atoms with Gasteiger partial charge in [-0.3, -0.25) is 9.59 Å². The van der Waals surface area contributed by atoms with Crippen molar-refractivity contribution in [1.29, 1.82) is 0 Å². The summed E-state index contributed by atoms with van der Waals surface area (Å²) in [7, 11) is 1.58. The zero-order chi connectivity index (χ0) is 12.8. The van der Waals surface area contributed by atoms with E-state index in [0.29, 0.717) is 18.2 Å². The predicted molar refractivity (Wildman–Crippen MR) is 65.0 cm³/mol. The number of methoxy groups -OCH3 is 1. The fourth-order valence-corrected chi connectivity index (χ4v) is 1.52. The Hall–Kier alpha value is -1.84. The second-order valence-electron chi connectivity index (χ2n) is 4.06. The summed E-state index contributed by atoms with van der Waals surface area (Å²) in [5.74, 6) is 0.490. The largest absolute Gasteiger partial charge is 0.496 e. The number of hydrogen-bond donors (Lipinski definition) is 1. The summed E-state index contributed by atoms with van der Waals surface area (Å²) in [6.07, 6.45) is 0.263. The highest BCUT2D eigenvalue weighted by atomic mass is 16.5. The number of rotatable bonds is 5. The molecule has 0 bridgehead atoms. The lowest BCUT2D eigenvalue weighted by Gasteiger charge is -2.12. The van der Waals surface area contributed by atoms with E-state index in [1.54, 1.807) is 7.11 Å². The van der Waals surface area contributed by atoms with Gasteiger partial charge in [0.2, 0.25) is 6.29 Å². The van der Waals surface area contributed by atoms with Crippen LogP contribution in [-0.2, 0) is 16.1 Å². The van der Waals surface area contributed by atoms with Gasteiger partial charge in [-0.2, -0.15) is 0 Å². The smallest absolute Gasteiger partial charge is 0.284 e. The first kappa shape index (κ1) is 13.2. The Morgan fingerprint density at radius 3 is 2.71 bits per heavy atom. The zero-order valence-electron chi connectivity index (χ0n) is 10.3. The van der Waals surface area contributed by atoms with Crippen LogP contribution in [0.1, 0.15) is 30.9 Å². The molecule has 0 saturated heterocycles. The van der Waals surface area contributed by atoms with Crippen molar-refractivity contribution in [3.8, 4) is 5.75 Å². The summed E-state index contributed by atoms with van der Waals surface area (Å²) >= 11 is 0. The van der Waals surface area contributed by atoms with Crippen LogP contribution < -0.4 is 10.1 Å². The van der Waals surface area contributed by atoms with Crippen molar-refractivity contribution in [3.63, 3.8) is 0 Å². The summed E-state index contributed by atoms with van der Waals surface area (Å²) in [5, 5.41) is 2.50. The van der Waals surface area contributed by atoms with E-state index in [9.17, 15) is 9.59 Å². The van der Waals surface area contributed by atoms with E-state index in [-0.39, 0.29) is 6.29 Å². The molecule has 0 aromatic heterocycles. The van der Waals surface area contributed by atoms with Gasteiger partial charge >= 0.3 is 0 Å². The van der Waals surface area contributed by atoms with Gasteiger partial charge in [0.15, 0.2) is 0 Å². The quantitative estimate of drug-likeness (QED) is 0.623. The number of benzene rings is 1. The molecule has 0 saturated carbocycles. The van der Waals surface area contributed by atoms with Crippen molar-refractivity contribution in [2.24, 2.45) is 0 Å². The van der Waals surface area contributed by atoms with Gasteiger partial charge in [0.1, 0.15) is 5.75 Å². The molecule has 1 aromatic carbocycles. The van der Waals surface area contributed by atoms with Crippen LogP contribution >= 0.6 is 0 Å². The lowest BCUT2D eigenvalue weighted by molar-refractivity contribution is -0.131. The van der Waals surface area contributed by atoms with E-state index >= 15 is 0 Å². The van der Waals surface area contributed by atoms with Crippen LogP contribution in [0.15, 0.2) is 18.2 Å². The molecule has 92 valence electrons. The van der Waals surface area contributed by atoms with Gasteiger partial charge in [-0.15, -0.1) is 0 Å². The number of amides is 1. The first-order valence-electron chi connectivity index (χ1n) is 5.48. The minimum absolute atomic E-state index is 0.263. The molecule has 0 aliphatic carbocycles. The molecule has 1 aromatic rings. The molecule has 1 amide bonds. The molecular formula is C13H17NO3. The van der Waals surface area contributed by atoms with Crippen LogP contribution in [0.3, 0.4) is 0 Å². The van der Waals surface area contributed by atoms with Crippen molar-refractivity contribution in [1.82, 2.24) is 5.32 Å². The fourth-order valence-electron chi connectivity index (χ4n) is 1.52. The molecule has 0 spiro atoms. The molecule has 1 rings (SSSR count). The van der Waals surface area contributed by atoms with Gasteiger partial charge in [0.25, 0.3) is 5.91 Å². The zero-order valence-corrected chi connectivity index (χ0v) is 10.3. The summed E-state index contributed by atoms with van der Waals surface area (Å²) in [5.41, 5.74) is 2.04. The van der Waals surface area contributed by atoms with Gasteiger partial charge in [-0.25, -0.2) is 0 Å². The minimum atomic E-state index is -0.623. The average molecular weight is 235 g/mol. The van der Waals surface area contributed by atoms with Crippen LogP contribution in [0.25, 0.3) is 0 Å². The number of aldehydes is 1. The first-order valence-corrected chi connectivity index (χ1v) is 5.48. The summed E-state index contributed by atoms with van der Waals surface area (Å²) < 4.78 is 5.21. The normalized spacial score (nSPS) is 10.1. The average Bonchev–Trinajstić information content (AvgIpc) is 2.35. The molecule has 4 heteroatoms. The number of ether oxygens (including phenoxy) is 1. The topological polar surface area (TPSA) is 55.4 Å². The number of hydrogen-bond acceptors (Lipinski definition) is 3. The summed E-state index contributed by atoms with van der Waals surface area (Å²) in [6.45, 7) is 4.48. The Kier molecular flexibility index (Phi) is 4.69. The molecule has 0 heterocycles. The van der Waals surface area contributed by atoms with Crippen LogP contribution in [0.5, 0.6) is 5.75 Å². The van der Waals surface area contributed by atoms with Crippen molar-refractivity contribution < 1.29 is 14.3 Å². The molecule has 1 N–H and O–H groups in total. The molecule has 0 radical (unpaired) electrons. The van der Waals surface area contributed by atoms with Crippen LogP contribution in [0.4, 0.5) is 0 Å². The molecule has 0 atom stereocenters. The Labute approximate surface area is 101 Å². The second-order valence-corrected chi connectivity index (χ2v) is 4.06. The van der Waals surface area contributed by atoms with Gasteiger partial charge in [0, 0.05) is 12.1 Å². The number of nitrogens with one attached hydrogen (secondary N) is 1. The summed E-state index contributed by atoms with van der Waals surface area (Å²) in [4.78, 5) is 21.1. The van der Waals surface area contributed by atoms with Crippen LogP contribution in [-0.4, -0.2) is 19.3 Å². The van der Waals surface area contributed by atoms with Gasteiger partial charge < -0.3 is 10.1 Å². The number of carbonyl (C=O) groups is 2. The molecule has 17 heavy (non-hydrogen) atoms. The first-order chi connectivity index (χ1) is 8.08. The van der Waals surface area contributed by atoms with E-state index in [0.717, 1.165) is 5.56 Å². The lowest BCUT2D eigenvalue weighted by Crippen LogP contribution is -2.23. The standard InChI is InChI=1S/C13H17NO3/c1-9(2)10-4-5-12(17-3)11(6-10)7-14-13(16)8-15/h4-6,8-9H,7H2,1-3H3,(H,14,16). The highest BCUT2D eigenvalue weighted by Gasteiger charge is 2.08. The monoisotopic (exact) mass is 235 g/mol. The van der Waals surface area contributed by atoms with Gasteiger partial charge in [-0.1, -0.05) is 26.0 Å². The van der Waals surface area contributed by atoms with Gasteiger partial charge in [-0.05, 0) is 17.5 Å².